The van der Waals surface area contributed by atoms with Gasteiger partial charge in [-0.1, -0.05) is 6.92 Å². The number of hydrogen-bond donors (Lipinski definition) is 4. The SMILES string of the molecule is CC(CCO)CNc1nc(N)nc2nc[nH]c12. The highest BCUT2D eigenvalue weighted by Gasteiger charge is 2.09. The molecule has 1 unspecified atom stereocenters. The number of aromatic nitrogens is 4. The number of aromatic amines is 1. The summed E-state index contributed by atoms with van der Waals surface area (Å²) < 4.78 is 0. The molecule has 2 heterocycles. The standard InChI is InChI=1S/C10H16N6O/c1-6(2-3-17)4-12-8-7-9(14-5-13-7)16-10(11)15-8/h5-6,17H,2-4H2,1H3,(H4,11,12,13,14,15,16). The van der Waals surface area contributed by atoms with Gasteiger partial charge in [0.1, 0.15) is 5.52 Å². The zero-order valence-electron chi connectivity index (χ0n) is 9.64. The summed E-state index contributed by atoms with van der Waals surface area (Å²) >= 11 is 0. The Morgan fingerprint density at radius 2 is 2.35 bits per heavy atom. The van der Waals surface area contributed by atoms with E-state index in [1.54, 1.807) is 6.33 Å². The summed E-state index contributed by atoms with van der Waals surface area (Å²) in [5, 5.41) is 12.0. The summed E-state index contributed by atoms with van der Waals surface area (Å²) in [5.41, 5.74) is 6.89. The number of H-pyrrole nitrogens is 1. The van der Waals surface area contributed by atoms with Crippen LogP contribution in [0, 0.1) is 5.92 Å². The van der Waals surface area contributed by atoms with Crippen molar-refractivity contribution in [3.63, 3.8) is 0 Å². The first kappa shape index (κ1) is 11.6. The molecule has 2 rings (SSSR count). The topological polar surface area (TPSA) is 113 Å². The molecule has 0 bridgehead atoms. The molecule has 0 amide bonds. The number of aliphatic hydroxyl groups excluding tert-OH is 1. The molecule has 2 aromatic rings. The third-order valence-corrected chi connectivity index (χ3v) is 2.54. The normalized spacial score (nSPS) is 12.8. The predicted molar refractivity (Wildman–Crippen MR) is 65.5 cm³/mol. The van der Waals surface area contributed by atoms with E-state index in [-0.39, 0.29) is 12.6 Å². The van der Waals surface area contributed by atoms with Gasteiger partial charge < -0.3 is 21.1 Å². The highest BCUT2D eigenvalue weighted by atomic mass is 16.3. The fraction of sp³-hybridized carbons (Fsp3) is 0.500. The second-order valence-electron chi connectivity index (χ2n) is 4.03. The van der Waals surface area contributed by atoms with Gasteiger partial charge in [0, 0.05) is 13.2 Å². The molecule has 0 saturated carbocycles. The number of nitrogen functional groups attached to an aromatic ring is 1. The molecular formula is C10H16N6O. The minimum absolute atomic E-state index is 0.189. The van der Waals surface area contributed by atoms with Crippen molar-refractivity contribution in [2.75, 3.05) is 24.2 Å². The zero-order valence-corrected chi connectivity index (χ0v) is 9.64. The van der Waals surface area contributed by atoms with Crippen LogP contribution >= 0.6 is 0 Å². The van der Waals surface area contributed by atoms with Crippen LogP contribution < -0.4 is 11.1 Å². The number of fused-ring (bicyclic) bond motifs is 1. The van der Waals surface area contributed by atoms with Crippen molar-refractivity contribution in [3.05, 3.63) is 6.33 Å². The lowest BCUT2D eigenvalue weighted by Gasteiger charge is -2.12. The molecule has 0 aliphatic rings. The molecule has 5 N–H and O–H groups in total. The lowest BCUT2D eigenvalue weighted by atomic mass is 10.1. The highest BCUT2D eigenvalue weighted by Crippen LogP contribution is 2.17. The number of aliphatic hydroxyl groups is 1. The molecule has 0 aliphatic heterocycles. The predicted octanol–water partition coefficient (Wildman–Crippen LogP) is 0.365. The Labute approximate surface area is 98.5 Å². The maximum atomic E-state index is 8.83. The number of nitrogens with one attached hydrogen (secondary N) is 2. The molecule has 1 atom stereocenters. The van der Waals surface area contributed by atoms with E-state index in [1.807, 2.05) is 0 Å². The Balaban J connectivity index is 2.14. The fourth-order valence-corrected chi connectivity index (χ4v) is 1.57. The zero-order chi connectivity index (χ0) is 12.3. The first-order valence-corrected chi connectivity index (χ1v) is 5.52. The van der Waals surface area contributed by atoms with E-state index in [2.05, 4.69) is 32.2 Å². The van der Waals surface area contributed by atoms with Gasteiger partial charge in [-0.25, -0.2) is 4.98 Å². The number of nitrogens with two attached hydrogens (primary N) is 1. The van der Waals surface area contributed by atoms with Crippen molar-refractivity contribution in [3.8, 4) is 0 Å². The summed E-state index contributed by atoms with van der Waals surface area (Å²) in [4.78, 5) is 15.1. The van der Waals surface area contributed by atoms with Crippen LogP contribution in [0.25, 0.3) is 11.2 Å². The smallest absolute Gasteiger partial charge is 0.224 e. The molecule has 0 saturated heterocycles. The molecule has 7 nitrogen and oxygen atoms in total. The van der Waals surface area contributed by atoms with Crippen LogP contribution in [0.2, 0.25) is 0 Å². The lowest BCUT2D eigenvalue weighted by Crippen LogP contribution is -2.14. The maximum absolute atomic E-state index is 8.83. The molecule has 7 heteroatoms. The number of hydrogen-bond acceptors (Lipinski definition) is 6. The average Bonchev–Trinajstić information content (AvgIpc) is 2.74. The van der Waals surface area contributed by atoms with Crippen molar-refractivity contribution in [1.29, 1.82) is 0 Å². The Morgan fingerprint density at radius 1 is 1.53 bits per heavy atom. The molecule has 0 radical (unpaired) electrons. The molecule has 0 aliphatic carbocycles. The summed E-state index contributed by atoms with van der Waals surface area (Å²) in [6.07, 6.45) is 2.31. The van der Waals surface area contributed by atoms with Crippen LogP contribution in [0.4, 0.5) is 11.8 Å². The Bertz CT molecular complexity index is 497. The molecule has 0 aromatic carbocycles. The molecule has 17 heavy (non-hydrogen) atoms. The van der Waals surface area contributed by atoms with Gasteiger partial charge in [-0.3, -0.25) is 0 Å². The molecule has 0 spiro atoms. The van der Waals surface area contributed by atoms with E-state index in [0.29, 0.717) is 23.9 Å². The van der Waals surface area contributed by atoms with Gasteiger partial charge in [-0.15, -0.1) is 0 Å². The minimum atomic E-state index is 0.189. The third-order valence-electron chi connectivity index (χ3n) is 2.54. The van der Waals surface area contributed by atoms with Crippen LogP contribution in [-0.4, -0.2) is 38.2 Å². The molecule has 92 valence electrons. The maximum Gasteiger partial charge on any atom is 0.224 e. The first-order valence-electron chi connectivity index (χ1n) is 5.52. The van der Waals surface area contributed by atoms with Crippen LogP contribution in [0.3, 0.4) is 0 Å². The van der Waals surface area contributed by atoms with Gasteiger partial charge in [0.25, 0.3) is 0 Å². The van der Waals surface area contributed by atoms with Gasteiger partial charge in [0.2, 0.25) is 5.95 Å². The molecule has 2 aromatic heterocycles. The largest absolute Gasteiger partial charge is 0.396 e. The lowest BCUT2D eigenvalue weighted by molar-refractivity contribution is 0.266. The number of nitrogens with zero attached hydrogens (tertiary/aromatic N) is 3. The van der Waals surface area contributed by atoms with Gasteiger partial charge in [-0.05, 0) is 12.3 Å². The van der Waals surface area contributed by atoms with E-state index in [4.69, 9.17) is 10.8 Å². The van der Waals surface area contributed by atoms with Crippen LogP contribution in [0.1, 0.15) is 13.3 Å². The van der Waals surface area contributed by atoms with Crippen LogP contribution in [0.15, 0.2) is 6.33 Å². The molecular weight excluding hydrogens is 220 g/mol. The van der Waals surface area contributed by atoms with E-state index >= 15 is 0 Å². The second-order valence-corrected chi connectivity index (χ2v) is 4.03. The van der Waals surface area contributed by atoms with Crippen LogP contribution in [-0.2, 0) is 0 Å². The van der Waals surface area contributed by atoms with Crippen molar-refractivity contribution in [1.82, 2.24) is 19.9 Å². The van der Waals surface area contributed by atoms with Crippen LogP contribution in [0.5, 0.6) is 0 Å². The van der Waals surface area contributed by atoms with Gasteiger partial charge in [-0.2, -0.15) is 9.97 Å². The Kier molecular flexibility index (Phi) is 3.38. The van der Waals surface area contributed by atoms with E-state index in [0.717, 1.165) is 11.9 Å². The second kappa shape index (κ2) is 4.96. The number of rotatable bonds is 5. The monoisotopic (exact) mass is 236 g/mol. The average molecular weight is 236 g/mol. The summed E-state index contributed by atoms with van der Waals surface area (Å²) in [6, 6.07) is 0. The third kappa shape index (κ3) is 2.62. The van der Waals surface area contributed by atoms with Gasteiger partial charge in [0.15, 0.2) is 11.5 Å². The van der Waals surface area contributed by atoms with Crippen molar-refractivity contribution >= 4 is 22.9 Å². The van der Waals surface area contributed by atoms with Gasteiger partial charge in [0.05, 0.1) is 6.33 Å². The first-order chi connectivity index (χ1) is 8.20. The quantitative estimate of drug-likeness (QED) is 0.596. The fourth-order valence-electron chi connectivity index (χ4n) is 1.57. The summed E-state index contributed by atoms with van der Waals surface area (Å²) in [5.74, 6) is 1.20. The Morgan fingerprint density at radius 3 is 3.12 bits per heavy atom. The van der Waals surface area contributed by atoms with Crippen molar-refractivity contribution < 1.29 is 5.11 Å². The van der Waals surface area contributed by atoms with E-state index in [9.17, 15) is 0 Å². The van der Waals surface area contributed by atoms with E-state index in [1.165, 1.54) is 0 Å². The summed E-state index contributed by atoms with van der Waals surface area (Å²) in [7, 11) is 0. The summed E-state index contributed by atoms with van der Waals surface area (Å²) in [6.45, 7) is 2.96. The highest BCUT2D eigenvalue weighted by molar-refractivity contribution is 5.83. The van der Waals surface area contributed by atoms with Crippen molar-refractivity contribution in [2.45, 2.75) is 13.3 Å². The number of anilines is 2. The Hall–Kier alpha value is -1.89. The molecule has 0 fully saturated rings. The van der Waals surface area contributed by atoms with E-state index < -0.39 is 0 Å². The van der Waals surface area contributed by atoms with Gasteiger partial charge >= 0.3 is 0 Å². The minimum Gasteiger partial charge on any atom is -0.396 e. The number of imidazole rings is 1. The van der Waals surface area contributed by atoms with Crippen molar-refractivity contribution in [2.24, 2.45) is 5.92 Å².